The van der Waals surface area contributed by atoms with Crippen LogP contribution in [0.3, 0.4) is 0 Å². The molecule has 0 saturated carbocycles. The minimum Gasteiger partial charge on any atom is -0.545 e. The van der Waals surface area contributed by atoms with Gasteiger partial charge in [-0.05, 0) is 47.7 Å². The largest absolute Gasteiger partial charge is 1.00 e. The van der Waals surface area contributed by atoms with Gasteiger partial charge in [0, 0.05) is 23.9 Å². The predicted octanol–water partition coefficient (Wildman–Crippen LogP) is -1.67. The third-order valence-corrected chi connectivity index (χ3v) is 5.35. The second-order valence-corrected chi connectivity index (χ2v) is 7.17. The number of hydrogen-bond donors (Lipinski definition) is 1. The van der Waals surface area contributed by atoms with Crippen molar-refractivity contribution in [2.75, 3.05) is 6.54 Å². The van der Waals surface area contributed by atoms with Crippen LogP contribution >= 0.6 is 0 Å². The van der Waals surface area contributed by atoms with Crippen LogP contribution in [0.2, 0.25) is 0 Å². The Morgan fingerprint density at radius 3 is 2.90 bits per heavy atom. The maximum Gasteiger partial charge on any atom is 1.00 e. The molecule has 0 bridgehead atoms. The molecule has 8 heteroatoms. The molecule has 1 aliphatic carbocycles. The minimum atomic E-state index is -1.20. The normalized spacial score (nSPS) is 14.3. The molecule has 1 N–H and O–H groups in total. The monoisotopic (exact) mass is 392 g/mol. The smallest absolute Gasteiger partial charge is 0.545 e. The van der Waals surface area contributed by atoms with E-state index < -0.39 is 5.97 Å². The van der Waals surface area contributed by atoms with Crippen molar-refractivity contribution in [3.8, 4) is 11.3 Å². The van der Waals surface area contributed by atoms with Crippen molar-refractivity contribution in [2.45, 2.75) is 19.4 Å². The topological polar surface area (TPSA) is 99.9 Å². The van der Waals surface area contributed by atoms with Crippen molar-refractivity contribution in [1.29, 1.82) is 0 Å². The van der Waals surface area contributed by atoms with Crippen LogP contribution < -0.4 is 29.3 Å². The first-order chi connectivity index (χ1) is 14.1. The number of carboxylic acids is 1. The van der Waals surface area contributed by atoms with E-state index in [0.29, 0.717) is 18.8 Å². The molecule has 1 aliphatic heterocycles. The van der Waals surface area contributed by atoms with Crippen molar-refractivity contribution in [1.82, 2.24) is 20.1 Å². The summed E-state index contributed by atoms with van der Waals surface area (Å²) in [4.78, 5) is 27.8. The van der Waals surface area contributed by atoms with Crippen LogP contribution in [0.15, 0.2) is 36.5 Å². The van der Waals surface area contributed by atoms with Gasteiger partial charge in [-0.2, -0.15) is 5.10 Å². The predicted molar refractivity (Wildman–Crippen MR) is 105 cm³/mol. The zero-order chi connectivity index (χ0) is 20.0. The molecule has 144 valence electrons. The molecule has 0 unspecified atom stereocenters. The van der Waals surface area contributed by atoms with E-state index in [1.807, 2.05) is 30.5 Å². The number of rotatable bonds is 3. The van der Waals surface area contributed by atoms with Gasteiger partial charge in [0.1, 0.15) is 5.69 Å². The molecule has 3 aromatic rings. The van der Waals surface area contributed by atoms with Crippen LogP contribution in [0.5, 0.6) is 0 Å². The molecule has 1 amide bonds. The second kappa shape index (κ2) is 7.94. The fraction of sp³-hybridized carbons (Fsp3) is 0.182. The Hall–Kier alpha value is -3.14. The fourth-order valence-corrected chi connectivity index (χ4v) is 3.95. The number of carbonyl (C=O) groups is 2. The number of nitrogens with zero attached hydrogens (tertiary/aromatic N) is 3. The maximum absolute atomic E-state index is 12.3. The zero-order valence-electron chi connectivity index (χ0n) is 16.5. The van der Waals surface area contributed by atoms with Gasteiger partial charge >= 0.3 is 18.9 Å². The van der Waals surface area contributed by atoms with E-state index in [4.69, 9.17) is 5.10 Å². The number of aromatic carboxylic acids is 1. The van der Waals surface area contributed by atoms with Gasteiger partial charge in [-0.15, -0.1) is 0 Å². The van der Waals surface area contributed by atoms with Crippen LogP contribution in [-0.4, -0.2) is 33.2 Å². The van der Waals surface area contributed by atoms with Gasteiger partial charge in [0.2, 0.25) is 0 Å². The van der Waals surface area contributed by atoms with Gasteiger partial charge in [-0.1, -0.05) is 24.3 Å². The third-order valence-electron chi connectivity index (χ3n) is 5.35. The first-order valence-corrected chi connectivity index (χ1v) is 9.47. The van der Waals surface area contributed by atoms with E-state index in [0.717, 1.165) is 46.5 Å². The quantitative estimate of drug-likeness (QED) is 0.537. The molecular formula is C22H17LiN4O3. The van der Waals surface area contributed by atoms with Crippen LogP contribution in [-0.2, 0) is 19.4 Å². The number of nitrogens with one attached hydrogen (secondary N) is 1. The van der Waals surface area contributed by atoms with Gasteiger partial charge in [0.05, 0.1) is 23.9 Å². The van der Waals surface area contributed by atoms with Gasteiger partial charge in [-0.25, -0.2) is 0 Å². The number of fused-ring (bicyclic) bond motifs is 5. The number of aryl methyl sites for hydroxylation is 1. The number of carbonyl (C=O) groups excluding carboxylic acids is 2. The Kier molecular flexibility index (Phi) is 5.33. The van der Waals surface area contributed by atoms with Crippen LogP contribution in [0.25, 0.3) is 23.4 Å². The summed E-state index contributed by atoms with van der Waals surface area (Å²) < 4.78 is 1.81. The summed E-state index contributed by atoms with van der Waals surface area (Å²) in [5.74, 6) is -1.26. The Morgan fingerprint density at radius 1 is 1.20 bits per heavy atom. The molecule has 1 aromatic carbocycles. The molecule has 7 nitrogen and oxygen atoms in total. The molecule has 0 fully saturated rings. The van der Waals surface area contributed by atoms with Crippen LogP contribution in [0.4, 0.5) is 0 Å². The molecule has 2 aromatic heterocycles. The summed E-state index contributed by atoms with van der Waals surface area (Å²) in [6.07, 6.45) is 7.10. The van der Waals surface area contributed by atoms with Crippen molar-refractivity contribution in [3.05, 3.63) is 70.2 Å². The SMILES string of the molecule is O=C([O-])c1cccc(C=Cc2cc3c(cn2)CCc2c-3nn3c2C(=O)NCC3)c1.[Li+]. The standard InChI is InChI=1S/C22H18N4O3.Li/c27-21-20-17-7-5-15-12-24-16(6-4-13-2-1-3-14(10-13)22(28)29)11-18(15)19(17)25-26(20)9-8-23-21;/h1-4,6,10-12H,5,7-9H2,(H,23,27)(H,28,29);/q;+1/p-1. The molecule has 0 spiro atoms. The second-order valence-electron chi connectivity index (χ2n) is 7.17. The van der Waals surface area contributed by atoms with Crippen LogP contribution in [0, 0.1) is 0 Å². The number of carboxylic acid groups (broad SMARTS) is 1. The molecule has 5 rings (SSSR count). The Morgan fingerprint density at radius 2 is 2.07 bits per heavy atom. The number of benzene rings is 1. The van der Waals surface area contributed by atoms with E-state index in [9.17, 15) is 14.7 Å². The van der Waals surface area contributed by atoms with E-state index in [2.05, 4.69) is 10.3 Å². The fourth-order valence-electron chi connectivity index (χ4n) is 3.95. The van der Waals surface area contributed by atoms with E-state index in [1.165, 1.54) is 6.07 Å². The first kappa shape index (κ1) is 20.1. The van der Waals surface area contributed by atoms with E-state index in [-0.39, 0.29) is 30.3 Å². The maximum atomic E-state index is 12.3. The molecule has 0 saturated heterocycles. The molecule has 30 heavy (non-hydrogen) atoms. The Balaban J connectivity index is 0.00000218. The molecule has 3 heterocycles. The van der Waals surface area contributed by atoms with E-state index in [1.54, 1.807) is 16.8 Å². The van der Waals surface area contributed by atoms with Crippen LogP contribution in [0.1, 0.15) is 43.2 Å². The Labute approximate surface area is 185 Å². The summed E-state index contributed by atoms with van der Waals surface area (Å²) in [5, 5.41) is 18.6. The first-order valence-electron chi connectivity index (χ1n) is 9.47. The molecular weight excluding hydrogens is 375 g/mol. The Bertz CT molecular complexity index is 1200. The van der Waals surface area contributed by atoms with Gasteiger partial charge in [0.25, 0.3) is 5.91 Å². The van der Waals surface area contributed by atoms with Crippen molar-refractivity contribution < 1.29 is 33.6 Å². The summed E-state index contributed by atoms with van der Waals surface area (Å²) in [7, 11) is 0. The zero-order valence-corrected chi connectivity index (χ0v) is 16.5. The van der Waals surface area contributed by atoms with Gasteiger partial charge in [-0.3, -0.25) is 14.5 Å². The third kappa shape index (κ3) is 3.47. The van der Waals surface area contributed by atoms with Gasteiger partial charge < -0.3 is 15.2 Å². The average Bonchev–Trinajstić information content (AvgIpc) is 3.13. The number of aromatic nitrogens is 3. The summed E-state index contributed by atoms with van der Waals surface area (Å²) in [6, 6.07) is 8.54. The number of hydrogen-bond acceptors (Lipinski definition) is 5. The van der Waals surface area contributed by atoms with Crippen molar-refractivity contribution in [2.24, 2.45) is 0 Å². The average molecular weight is 392 g/mol. The summed E-state index contributed by atoms with van der Waals surface area (Å²) >= 11 is 0. The summed E-state index contributed by atoms with van der Waals surface area (Å²) in [6.45, 7) is 1.27. The molecule has 0 atom stereocenters. The summed E-state index contributed by atoms with van der Waals surface area (Å²) in [5.41, 5.74) is 6.27. The molecule has 0 radical (unpaired) electrons. The minimum absolute atomic E-state index is 0. The number of pyridine rings is 1. The van der Waals surface area contributed by atoms with E-state index >= 15 is 0 Å². The van der Waals surface area contributed by atoms with Crippen molar-refractivity contribution in [3.63, 3.8) is 0 Å². The van der Waals surface area contributed by atoms with Gasteiger partial charge in [0.15, 0.2) is 0 Å². The number of amides is 1. The van der Waals surface area contributed by atoms with Crippen molar-refractivity contribution >= 4 is 24.0 Å². The molecule has 2 aliphatic rings.